The maximum Gasteiger partial charge on any atom is 0.322 e. The SMILES string of the molecule is O=C1NC(=O)C2(CCC(O)(C3CCN3CCc3ccccc3)C3(CCc4ccc(O)cc43)C2)N1. The number of benzene rings is 2. The number of nitrogens with zero attached hydrogens (tertiary/aromatic N) is 1. The van der Waals surface area contributed by atoms with Gasteiger partial charge in [0.05, 0.1) is 5.60 Å². The molecular weight excluding hydrogens is 430 g/mol. The lowest BCUT2D eigenvalue weighted by molar-refractivity contribution is -0.172. The van der Waals surface area contributed by atoms with Gasteiger partial charge in [-0.3, -0.25) is 15.0 Å². The molecule has 7 heteroatoms. The molecule has 1 saturated carbocycles. The maximum atomic E-state index is 12.9. The highest BCUT2D eigenvalue weighted by Gasteiger charge is 2.68. The van der Waals surface area contributed by atoms with Crippen molar-refractivity contribution in [3.05, 3.63) is 65.2 Å². The molecule has 4 aliphatic rings. The summed E-state index contributed by atoms with van der Waals surface area (Å²) in [6, 6.07) is 15.3. The van der Waals surface area contributed by atoms with Crippen LogP contribution in [0.1, 0.15) is 48.8 Å². The number of aromatic hydroxyl groups is 1. The number of hydrogen-bond acceptors (Lipinski definition) is 5. The van der Waals surface area contributed by atoms with E-state index in [1.807, 2.05) is 12.1 Å². The minimum absolute atomic E-state index is 0.0259. The number of imide groups is 1. The molecule has 178 valence electrons. The van der Waals surface area contributed by atoms with E-state index in [4.69, 9.17) is 0 Å². The molecule has 0 bridgehead atoms. The third-order valence-electron chi connectivity index (χ3n) is 9.02. The number of amides is 3. The lowest BCUT2D eigenvalue weighted by Gasteiger charge is -2.61. The van der Waals surface area contributed by atoms with Crippen molar-refractivity contribution >= 4 is 11.9 Å². The van der Waals surface area contributed by atoms with Crippen LogP contribution in [0.4, 0.5) is 4.79 Å². The fourth-order valence-electron chi connectivity index (χ4n) is 7.22. The largest absolute Gasteiger partial charge is 0.508 e. The van der Waals surface area contributed by atoms with Crippen molar-refractivity contribution in [2.45, 2.75) is 67.5 Å². The van der Waals surface area contributed by atoms with Crippen LogP contribution in [0.5, 0.6) is 5.75 Å². The van der Waals surface area contributed by atoms with Crippen LogP contribution in [0.3, 0.4) is 0 Å². The predicted octanol–water partition coefficient (Wildman–Crippen LogP) is 2.39. The van der Waals surface area contributed by atoms with Gasteiger partial charge >= 0.3 is 6.03 Å². The van der Waals surface area contributed by atoms with E-state index in [2.05, 4.69) is 39.8 Å². The average molecular weight is 462 g/mol. The summed E-state index contributed by atoms with van der Waals surface area (Å²) < 4.78 is 0. The molecule has 2 aliphatic heterocycles. The van der Waals surface area contributed by atoms with Crippen LogP contribution in [0, 0.1) is 0 Å². The molecule has 4 N–H and O–H groups in total. The first-order valence-corrected chi connectivity index (χ1v) is 12.3. The number of likely N-dealkylation sites (tertiary alicyclic amines) is 1. The quantitative estimate of drug-likeness (QED) is 0.524. The number of aryl methyl sites for hydroxylation is 1. The van der Waals surface area contributed by atoms with Gasteiger partial charge in [0.2, 0.25) is 0 Å². The summed E-state index contributed by atoms with van der Waals surface area (Å²) in [5.41, 5.74) is 0.518. The van der Waals surface area contributed by atoms with Crippen LogP contribution < -0.4 is 10.6 Å². The minimum Gasteiger partial charge on any atom is -0.508 e. The Morgan fingerprint density at radius 2 is 1.88 bits per heavy atom. The topological polar surface area (TPSA) is 102 Å². The van der Waals surface area contributed by atoms with E-state index in [0.717, 1.165) is 43.5 Å². The second-order valence-electron chi connectivity index (χ2n) is 10.6. The Balaban J connectivity index is 1.36. The van der Waals surface area contributed by atoms with Crippen molar-refractivity contribution < 1.29 is 19.8 Å². The number of fused-ring (bicyclic) bond motifs is 2. The van der Waals surface area contributed by atoms with Crippen LogP contribution in [0.15, 0.2) is 48.5 Å². The van der Waals surface area contributed by atoms with Gasteiger partial charge in [-0.05, 0) is 73.8 Å². The van der Waals surface area contributed by atoms with E-state index in [9.17, 15) is 19.8 Å². The highest BCUT2D eigenvalue weighted by atomic mass is 16.3. The van der Waals surface area contributed by atoms with Crippen molar-refractivity contribution in [3.63, 3.8) is 0 Å². The summed E-state index contributed by atoms with van der Waals surface area (Å²) in [5.74, 6) is -0.140. The van der Waals surface area contributed by atoms with E-state index >= 15 is 0 Å². The minimum atomic E-state index is -1.06. The number of hydrogen-bond donors (Lipinski definition) is 4. The van der Waals surface area contributed by atoms with Crippen LogP contribution in [-0.4, -0.2) is 57.3 Å². The van der Waals surface area contributed by atoms with Crippen LogP contribution >= 0.6 is 0 Å². The number of phenols is 1. The van der Waals surface area contributed by atoms with E-state index in [1.165, 1.54) is 5.56 Å². The Morgan fingerprint density at radius 3 is 2.59 bits per heavy atom. The van der Waals surface area contributed by atoms with Crippen molar-refractivity contribution in [3.8, 4) is 5.75 Å². The highest BCUT2D eigenvalue weighted by molar-refractivity contribution is 6.07. The van der Waals surface area contributed by atoms with Gasteiger partial charge in [0.25, 0.3) is 5.91 Å². The Bertz CT molecular complexity index is 1150. The van der Waals surface area contributed by atoms with Crippen LogP contribution in [-0.2, 0) is 23.1 Å². The molecule has 4 atom stereocenters. The number of nitrogens with one attached hydrogen (secondary N) is 2. The Morgan fingerprint density at radius 1 is 1.06 bits per heavy atom. The fraction of sp³-hybridized carbons (Fsp3) is 0.481. The lowest BCUT2D eigenvalue weighted by Crippen LogP contribution is -2.73. The summed E-state index contributed by atoms with van der Waals surface area (Å²) in [4.78, 5) is 27.4. The molecule has 0 radical (unpaired) electrons. The van der Waals surface area contributed by atoms with Gasteiger partial charge in [0.15, 0.2) is 0 Å². The smallest absolute Gasteiger partial charge is 0.322 e. The molecule has 2 spiro atoms. The zero-order valence-electron chi connectivity index (χ0n) is 19.2. The van der Waals surface area contributed by atoms with Gasteiger partial charge in [-0.15, -0.1) is 0 Å². The monoisotopic (exact) mass is 461 g/mol. The highest BCUT2D eigenvalue weighted by Crippen LogP contribution is 2.60. The number of carbonyl (C=O) groups is 2. The molecule has 0 aromatic heterocycles. The zero-order chi connectivity index (χ0) is 23.6. The van der Waals surface area contributed by atoms with Crippen molar-refractivity contribution in [2.75, 3.05) is 13.1 Å². The number of urea groups is 1. The normalized spacial score (nSPS) is 34.7. The first kappa shape index (κ1) is 21.6. The van der Waals surface area contributed by atoms with Crippen molar-refractivity contribution in [2.24, 2.45) is 0 Å². The fourth-order valence-corrected chi connectivity index (χ4v) is 7.22. The molecule has 2 aliphatic carbocycles. The summed E-state index contributed by atoms with van der Waals surface area (Å²) in [6.07, 6.45) is 4.44. The summed E-state index contributed by atoms with van der Waals surface area (Å²) in [6.45, 7) is 1.80. The van der Waals surface area contributed by atoms with Gasteiger partial charge < -0.3 is 15.5 Å². The molecule has 6 rings (SSSR count). The number of rotatable bonds is 4. The second-order valence-corrected chi connectivity index (χ2v) is 10.6. The van der Waals surface area contributed by atoms with Gasteiger partial charge in [0, 0.05) is 24.5 Å². The predicted molar refractivity (Wildman–Crippen MR) is 126 cm³/mol. The van der Waals surface area contributed by atoms with E-state index in [-0.39, 0.29) is 17.7 Å². The first-order valence-electron chi connectivity index (χ1n) is 12.3. The van der Waals surface area contributed by atoms with Crippen molar-refractivity contribution in [1.29, 1.82) is 0 Å². The first-order chi connectivity index (χ1) is 16.4. The Labute approximate surface area is 199 Å². The van der Waals surface area contributed by atoms with Crippen molar-refractivity contribution in [1.82, 2.24) is 15.5 Å². The standard InChI is InChI=1S/C27H31N3O4/c31-20-7-6-19-8-11-25(21(19)16-20)17-26(23(32)28-24(33)29-26)12-13-27(25,34)22-10-15-30(22)14-9-18-4-2-1-3-5-18/h1-7,16,22,31,34H,8-15,17H2,(H2,28,29,32,33). The van der Waals surface area contributed by atoms with E-state index in [1.54, 1.807) is 12.1 Å². The van der Waals surface area contributed by atoms with Gasteiger partial charge in [-0.25, -0.2) is 4.79 Å². The molecule has 2 heterocycles. The van der Waals surface area contributed by atoms with Gasteiger partial charge in [-0.1, -0.05) is 36.4 Å². The number of carbonyl (C=O) groups excluding carboxylic acids is 2. The summed E-state index contributed by atoms with van der Waals surface area (Å²) >= 11 is 0. The summed E-state index contributed by atoms with van der Waals surface area (Å²) in [7, 11) is 0. The van der Waals surface area contributed by atoms with Crippen LogP contribution in [0.25, 0.3) is 0 Å². The molecule has 4 unspecified atom stereocenters. The molecule has 3 amide bonds. The average Bonchev–Trinajstić information content (AvgIpc) is 3.28. The number of aliphatic hydroxyl groups is 1. The second kappa shape index (κ2) is 7.55. The third-order valence-corrected chi connectivity index (χ3v) is 9.02. The molecule has 34 heavy (non-hydrogen) atoms. The molecule has 7 nitrogen and oxygen atoms in total. The van der Waals surface area contributed by atoms with E-state index in [0.29, 0.717) is 25.7 Å². The summed E-state index contributed by atoms with van der Waals surface area (Å²) in [5, 5.41) is 28.3. The Hall–Kier alpha value is -2.90. The molecular formula is C27H31N3O4. The zero-order valence-corrected chi connectivity index (χ0v) is 19.2. The van der Waals surface area contributed by atoms with Crippen LogP contribution in [0.2, 0.25) is 0 Å². The number of phenolic OH excluding ortho intramolecular Hbond substituents is 1. The van der Waals surface area contributed by atoms with Gasteiger partial charge in [-0.2, -0.15) is 0 Å². The lowest BCUT2D eigenvalue weighted by atomic mass is 9.51. The molecule has 2 saturated heterocycles. The molecule has 2 aromatic rings. The van der Waals surface area contributed by atoms with E-state index < -0.39 is 22.6 Å². The molecule has 3 fully saturated rings. The third kappa shape index (κ3) is 3.03. The Kier molecular flexibility index (Phi) is 4.80. The molecule has 2 aromatic carbocycles. The van der Waals surface area contributed by atoms with Gasteiger partial charge in [0.1, 0.15) is 11.3 Å². The maximum absolute atomic E-state index is 12.9.